The number of hydrogen-bond acceptors (Lipinski definition) is 7. The summed E-state index contributed by atoms with van der Waals surface area (Å²) in [5.41, 5.74) is 3.59. The van der Waals surface area contributed by atoms with Crippen molar-refractivity contribution >= 4 is 22.4 Å². The molecule has 0 N–H and O–H groups in total. The molecule has 0 atom stereocenters. The van der Waals surface area contributed by atoms with Gasteiger partial charge in [0, 0.05) is 19.2 Å². The van der Waals surface area contributed by atoms with Crippen LogP contribution in [0.15, 0.2) is 55.1 Å². The van der Waals surface area contributed by atoms with Gasteiger partial charge in [-0.2, -0.15) is 0 Å². The highest BCUT2D eigenvalue weighted by molar-refractivity contribution is 5.75. The largest absolute Gasteiger partial charge is 0.274 e. The maximum absolute atomic E-state index is 10.9. The lowest BCUT2D eigenvalue weighted by Gasteiger charge is -2.25. The van der Waals surface area contributed by atoms with Crippen LogP contribution in [0.4, 0.5) is 11.4 Å². The van der Waals surface area contributed by atoms with Crippen LogP contribution in [0.5, 0.6) is 0 Å². The number of hydrogen-bond donors (Lipinski definition) is 0. The van der Waals surface area contributed by atoms with Crippen molar-refractivity contribution in [1.82, 2.24) is 29.9 Å². The van der Waals surface area contributed by atoms with E-state index in [2.05, 4.69) is 20.5 Å². The number of non-ortho nitro benzene ring substituents is 1. The van der Waals surface area contributed by atoms with Crippen molar-refractivity contribution in [2.75, 3.05) is 5.01 Å². The highest BCUT2D eigenvalue weighted by Gasteiger charge is 2.13. The smallest absolute Gasteiger partial charge is 0.269 e. The molecule has 2 aromatic carbocycles. The third-order valence-corrected chi connectivity index (χ3v) is 4.05. The number of anilines is 1. The van der Waals surface area contributed by atoms with Gasteiger partial charge in [0.2, 0.25) is 0 Å². The van der Waals surface area contributed by atoms with Gasteiger partial charge in [0.25, 0.3) is 5.69 Å². The van der Waals surface area contributed by atoms with E-state index in [-0.39, 0.29) is 5.69 Å². The Morgan fingerprint density at radius 2 is 1.85 bits per heavy atom. The van der Waals surface area contributed by atoms with Crippen molar-refractivity contribution in [2.24, 2.45) is 7.05 Å². The van der Waals surface area contributed by atoms with E-state index < -0.39 is 4.92 Å². The number of fused-ring (bicyclic) bond motifs is 1. The van der Waals surface area contributed by atoms with Gasteiger partial charge in [0.1, 0.15) is 18.2 Å². The minimum atomic E-state index is -0.420. The SMILES string of the molecule is Cn1nnc2ccc(CN(c3ccc([N+](=O)[O-])cc3)n3cnnc3)cc21. The number of aromatic nitrogens is 6. The average Bonchev–Trinajstić information content (AvgIpc) is 3.30. The normalized spacial score (nSPS) is 11.0. The summed E-state index contributed by atoms with van der Waals surface area (Å²) < 4.78 is 3.45. The molecule has 2 aromatic heterocycles. The Bertz CT molecular complexity index is 1060. The zero-order valence-corrected chi connectivity index (χ0v) is 13.8. The molecule has 0 radical (unpaired) electrons. The molecule has 4 rings (SSSR count). The average molecular weight is 350 g/mol. The summed E-state index contributed by atoms with van der Waals surface area (Å²) >= 11 is 0. The second-order valence-corrected chi connectivity index (χ2v) is 5.71. The molecule has 0 spiro atoms. The second-order valence-electron chi connectivity index (χ2n) is 5.71. The second kappa shape index (κ2) is 6.24. The van der Waals surface area contributed by atoms with Gasteiger partial charge >= 0.3 is 0 Å². The molecule has 0 aliphatic carbocycles. The number of nitrogens with zero attached hydrogens (tertiary/aromatic N) is 8. The van der Waals surface area contributed by atoms with Crippen molar-refractivity contribution in [3.05, 3.63) is 70.8 Å². The molecule has 130 valence electrons. The Labute approximate surface area is 147 Å². The standard InChI is InChI=1S/C16H14N8O2/c1-21-16-8-12(2-7-15(16)19-20-21)9-23(22-10-17-18-11-22)13-3-5-14(6-4-13)24(25)26/h2-8,10-11H,9H2,1H3. The fourth-order valence-electron chi connectivity index (χ4n) is 2.72. The van der Waals surface area contributed by atoms with E-state index in [1.165, 1.54) is 12.1 Å². The maximum atomic E-state index is 10.9. The van der Waals surface area contributed by atoms with E-state index in [1.807, 2.05) is 30.3 Å². The molecule has 10 nitrogen and oxygen atoms in total. The maximum Gasteiger partial charge on any atom is 0.269 e. The van der Waals surface area contributed by atoms with Crippen LogP contribution in [0.3, 0.4) is 0 Å². The van der Waals surface area contributed by atoms with Crippen LogP contribution in [0.2, 0.25) is 0 Å². The Morgan fingerprint density at radius 1 is 1.12 bits per heavy atom. The minimum Gasteiger partial charge on any atom is -0.274 e. The summed E-state index contributed by atoms with van der Waals surface area (Å²) in [6.45, 7) is 0.511. The predicted octanol–water partition coefficient (Wildman–Crippen LogP) is 1.94. The molecule has 0 bridgehead atoms. The summed E-state index contributed by atoms with van der Waals surface area (Å²) in [7, 11) is 1.84. The number of nitro groups is 1. The van der Waals surface area contributed by atoms with Gasteiger partial charge in [-0.25, -0.2) is 9.36 Å². The first-order valence-corrected chi connectivity index (χ1v) is 7.77. The number of nitro benzene ring substituents is 1. The van der Waals surface area contributed by atoms with Gasteiger partial charge in [-0.1, -0.05) is 11.3 Å². The van der Waals surface area contributed by atoms with E-state index in [9.17, 15) is 10.1 Å². The van der Waals surface area contributed by atoms with E-state index in [1.54, 1.807) is 34.1 Å². The molecule has 26 heavy (non-hydrogen) atoms. The quantitative estimate of drug-likeness (QED) is 0.400. The molecule has 0 aliphatic heterocycles. The van der Waals surface area contributed by atoms with Gasteiger partial charge in [-0.05, 0) is 29.8 Å². The third kappa shape index (κ3) is 2.83. The molecular formula is C16H14N8O2. The highest BCUT2D eigenvalue weighted by Crippen LogP contribution is 2.23. The monoisotopic (exact) mass is 350 g/mol. The lowest BCUT2D eigenvalue weighted by molar-refractivity contribution is -0.384. The van der Waals surface area contributed by atoms with E-state index in [4.69, 9.17) is 0 Å². The molecule has 0 saturated heterocycles. The lowest BCUT2D eigenvalue weighted by atomic mass is 10.2. The Hall–Kier alpha value is -3.82. The highest BCUT2D eigenvalue weighted by atomic mass is 16.6. The first kappa shape index (κ1) is 15.7. The van der Waals surface area contributed by atoms with Crippen LogP contribution in [0.25, 0.3) is 11.0 Å². The molecule has 0 unspecified atom stereocenters. The van der Waals surface area contributed by atoms with Crippen LogP contribution in [0.1, 0.15) is 5.56 Å². The van der Waals surface area contributed by atoms with Gasteiger partial charge in [-0.15, -0.1) is 15.3 Å². The Morgan fingerprint density at radius 3 is 2.54 bits per heavy atom. The van der Waals surface area contributed by atoms with E-state index in [0.717, 1.165) is 22.3 Å². The van der Waals surface area contributed by atoms with Crippen molar-refractivity contribution in [2.45, 2.75) is 6.54 Å². The number of aryl methyl sites for hydroxylation is 1. The van der Waals surface area contributed by atoms with Crippen LogP contribution < -0.4 is 5.01 Å². The van der Waals surface area contributed by atoms with Crippen LogP contribution in [-0.2, 0) is 13.6 Å². The number of rotatable bonds is 5. The molecule has 10 heteroatoms. The fraction of sp³-hybridized carbons (Fsp3) is 0.125. The molecule has 0 amide bonds. The minimum absolute atomic E-state index is 0.0415. The van der Waals surface area contributed by atoms with E-state index in [0.29, 0.717) is 6.54 Å². The molecule has 4 aromatic rings. The van der Waals surface area contributed by atoms with Crippen LogP contribution >= 0.6 is 0 Å². The van der Waals surface area contributed by atoms with Gasteiger partial charge < -0.3 is 0 Å². The molecule has 0 fully saturated rings. The Balaban J connectivity index is 1.71. The van der Waals surface area contributed by atoms with E-state index >= 15 is 0 Å². The van der Waals surface area contributed by atoms with Crippen molar-refractivity contribution in [3.8, 4) is 0 Å². The van der Waals surface area contributed by atoms with Crippen molar-refractivity contribution < 1.29 is 4.92 Å². The lowest BCUT2D eigenvalue weighted by Crippen LogP contribution is -2.27. The molecule has 0 aliphatic rings. The zero-order chi connectivity index (χ0) is 18.1. The van der Waals surface area contributed by atoms with Gasteiger partial charge in [-0.3, -0.25) is 15.1 Å². The number of benzene rings is 2. The summed E-state index contributed by atoms with van der Waals surface area (Å²) in [6.07, 6.45) is 3.15. The van der Waals surface area contributed by atoms with Crippen molar-refractivity contribution in [1.29, 1.82) is 0 Å². The Kier molecular flexibility index (Phi) is 3.77. The van der Waals surface area contributed by atoms with Gasteiger partial charge in [0.15, 0.2) is 0 Å². The first-order chi connectivity index (χ1) is 12.6. The molecular weight excluding hydrogens is 336 g/mol. The topological polar surface area (TPSA) is 108 Å². The summed E-state index contributed by atoms with van der Waals surface area (Å²) in [5.74, 6) is 0. The third-order valence-electron chi connectivity index (χ3n) is 4.05. The fourth-order valence-corrected chi connectivity index (χ4v) is 2.72. The summed E-state index contributed by atoms with van der Waals surface area (Å²) in [4.78, 5) is 10.5. The summed E-state index contributed by atoms with van der Waals surface area (Å²) in [5, 5.41) is 28.6. The summed E-state index contributed by atoms with van der Waals surface area (Å²) in [6, 6.07) is 12.2. The molecule has 2 heterocycles. The molecule has 0 saturated carbocycles. The van der Waals surface area contributed by atoms with Crippen LogP contribution in [0, 0.1) is 10.1 Å². The van der Waals surface area contributed by atoms with Crippen LogP contribution in [-0.4, -0.2) is 34.8 Å². The zero-order valence-electron chi connectivity index (χ0n) is 13.8. The van der Waals surface area contributed by atoms with Crippen molar-refractivity contribution in [3.63, 3.8) is 0 Å². The van der Waals surface area contributed by atoms with Gasteiger partial charge in [0.05, 0.1) is 22.7 Å². The predicted molar refractivity (Wildman–Crippen MR) is 93.2 cm³/mol. The first-order valence-electron chi connectivity index (χ1n) is 7.77.